The topological polar surface area (TPSA) is 98.7 Å². The molecule has 0 radical (unpaired) electrons. The minimum Gasteiger partial charge on any atom is -0.463 e. The first kappa shape index (κ1) is 17.3. The molecule has 0 bridgehead atoms. The molecule has 4 aromatic heterocycles. The van der Waals surface area contributed by atoms with Gasteiger partial charge in [-0.2, -0.15) is 5.10 Å². The molecule has 0 spiro atoms. The molecule has 1 N–H and O–H groups in total. The minimum absolute atomic E-state index is 0.105. The van der Waals surface area contributed by atoms with E-state index in [2.05, 4.69) is 25.6 Å². The zero-order valence-corrected chi connectivity index (χ0v) is 15.9. The van der Waals surface area contributed by atoms with Crippen LogP contribution in [0.4, 0.5) is 5.13 Å². The van der Waals surface area contributed by atoms with E-state index < -0.39 is 0 Å². The predicted molar refractivity (Wildman–Crippen MR) is 103 cm³/mol. The molecule has 9 heteroatoms. The number of hydrogen-bond donors (Lipinski definition) is 1. The Kier molecular flexibility index (Phi) is 4.44. The van der Waals surface area contributed by atoms with Crippen LogP contribution in [0.25, 0.3) is 22.5 Å². The number of aromatic nitrogens is 5. The van der Waals surface area contributed by atoms with Crippen LogP contribution in [-0.2, 0) is 6.42 Å². The van der Waals surface area contributed by atoms with Crippen molar-refractivity contribution < 1.29 is 9.21 Å². The van der Waals surface area contributed by atoms with E-state index >= 15 is 0 Å². The zero-order valence-electron chi connectivity index (χ0n) is 15.1. The smallest absolute Gasteiger partial charge is 0.258 e. The Labute approximate surface area is 159 Å². The molecule has 0 saturated carbocycles. The Bertz CT molecular complexity index is 1100. The molecule has 4 heterocycles. The maximum Gasteiger partial charge on any atom is 0.258 e. The van der Waals surface area contributed by atoms with Gasteiger partial charge in [-0.15, -0.1) is 10.2 Å². The average molecular weight is 382 g/mol. The molecule has 27 heavy (non-hydrogen) atoms. The van der Waals surface area contributed by atoms with Gasteiger partial charge >= 0.3 is 0 Å². The lowest BCUT2D eigenvalue weighted by molar-refractivity contribution is 0.102. The molecule has 138 valence electrons. The number of nitrogens with one attached hydrogen (secondary N) is 1. The standard InChI is InChI=1S/C18H18N6O2S/c1-4-15-22-23-18(27-15)21-17(25)11-8-13(14-6-5-7-26-14)20-16-12(11)9-19-24(16)10(2)3/h5-10H,4H2,1-3H3,(H,21,23,25). The number of amides is 1. The third-order valence-electron chi connectivity index (χ3n) is 4.06. The van der Waals surface area contributed by atoms with Crippen molar-refractivity contribution >= 4 is 33.4 Å². The number of rotatable bonds is 5. The van der Waals surface area contributed by atoms with Crippen molar-refractivity contribution in [3.8, 4) is 11.5 Å². The third kappa shape index (κ3) is 3.21. The molecule has 0 aliphatic heterocycles. The first-order valence-corrected chi connectivity index (χ1v) is 9.44. The zero-order chi connectivity index (χ0) is 19.0. The summed E-state index contributed by atoms with van der Waals surface area (Å²) in [7, 11) is 0. The summed E-state index contributed by atoms with van der Waals surface area (Å²) in [6.07, 6.45) is 4.02. The van der Waals surface area contributed by atoms with Gasteiger partial charge in [0.05, 0.1) is 23.4 Å². The quantitative estimate of drug-likeness (QED) is 0.561. The highest BCUT2D eigenvalue weighted by molar-refractivity contribution is 7.15. The second kappa shape index (κ2) is 6.92. The van der Waals surface area contributed by atoms with Gasteiger partial charge in [-0.25, -0.2) is 9.67 Å². The molecule has 0 aliphatic carbocycles. The van der Waals surface area contributed by atoms with E-state index in [4.69, 9.17) is 4.42 Å². The van der Waals surface area contributed by atoms with E-state index in [0.717, 1.165) is 11.4 Å². The second-order valence-electron chi connectivity index (χ2n) is 6.26. The van der Waals surface area contributed by atoms with E-state index in [1.807, 2.05) is 26.8 Å². The molecule has 4 rings (SSSR count). The van der Waals surface area contributed by atoms with Gasteiger partial charge in [0.1, 0.15) is 10.7 Å². The highest BCUT2D eigenvalue weighted by Crippen LogP contribution is 2.27. The minimum atomic E-state index is -0.280. The number of anilines is 1. The summed E-state index contributed by atoms with van der Waals surface area (Å²) >= 11 is 1.36. The van der Waals surface area contributed by atoms with Crippen molar-refractivity contribution in [2.24, 2.45) is 0 Å². The second-order valence-corrected chi connectivity index (χ2v) is 7.32. The van der Waals surface area contributed by atoms with Crippen molar-refractivity contribution in [3.05, 3.63) is 41.2 Å². The summed E-state index contributed by atoms with van der Waals surface area (Å²) in [5.41, 5.74) is 1.67. The van der Waals surface area contributed by atoms with Crippen molar-refractivity contribution in [1.29, 1.82) is 0 Å². The molecule has 0 aliphatic rings. The number of hydrogen-bond acceptors (Lipinski definition) is 7. The number of fused-ring (bicyclic) bond motifs is 1. The van der Waals surface area contributed by atoms with Crippen molar-refractivity contribution in [1.82, 2.24) is 25.0 Å². The van der Waals surface area contributed by atoms with E-state index in [1.165, 1.54) is 11.3 Å². The fraction of sp³-hybridized carbons (Fsp3) is 0.278. The Morgan fingerprint density at radius 3 is 2.89 bits per heavy atom. The van der Waals surface area contributed by atoms with Crippen LogP contribution >= 0.6 is 11.3 Å². The summed E-state index contributed by atoms with van der Waals surface area (Å²) < 4.78 is 7.26. The van der Waals surface area contributed by atoms with E-state index in [9.17, 15) is 4.79 Å². The number of carbonyl (C=O) groups excluding carboxylic acids is 1. The van der Waals surface area contributed by atoms with Gasteiger partial charge in [-0.1, -0.05) is 18.3 Å². The molecule has 1 amide bonds. The van der Waals surface area contributed by atoms with Crippen LogP contribution in [-0.4, -0.2) is 30.9 Å². The number of nitrogens with zero attached hydrogens (tertiary/aromatic N) is 5. The Hall–Kier alpha value is -3.07. The third-order valence-corrected chi connectivity index (χ3v) is 5.05. The number of aryl methyl sites for hydroxylation is 1. The van der Waals surface area contributed by atoms with Crippen molar-refractivity contribution in [3.63, 3.8) is 0 Å². The molecule has 0 unspecified atom stereocenters. The summed E-state index contributed by atoms with van der Waals surface area (Å²) in [4.78, 5) is 17.6. The number of pyridine rings is 1. The van der Waals surface area contributed by atoms with Crippen LogP contribution in [0.2, 0.25) is 0 Å². The highest BCUT2D eigenvalue weighted by atomic mass is 32.1. The van der Waals surface area contributed by atoms with Crippen molar-refractivity contribution in [2.75, 3.05) is 5.32 Å². The SMILES string of the molecule is CCc1nnc(NC(=O)c2cc(-c3ccco3)nc3c2cnn3C(C)C)s1. The van der Waals surface area contributed by atoms with E-state index in [-0.39, 0.29) is 11.9 Å². The lowest BCUT2D eigenvalue weighted by Gasteiger charge is -2.09. The first-order chi connectivity index (χ1) is 13.1. The molecule has 0 fully saturated rings. The largest absolute Gasteiger partial charge is 0.463 e. The van der Waals surface area contributed by atoms with Gasteiger partial charge in [0.25, 0.3) is 5.91 Å². The Morgan fingerprint density at radius 1 is 1.37 bits per heavy atom. The lowest BCUT2D eigenvalue weighted by atomic mass is 10.1. The summed E-state index contributed by atoms with van der Waals surface area (Å²) in [6, 6.07) is 5.41. The Balaban J connectivity index is 1.81. The number of furan rings is 1. The van der Waals surface area contributed by atoms with Crippen LogP contribution in [0.1, 0.15) is 42.2 Å². The van der Waals surface area contributed by atoms with Crippen LogP contribution < -0.4 is 5.32 Å². The molecule has 0 saturated heterocycles. The Morgan fingerprint density at radius 2 is 2.22 bits per heavy atom. The van der Waals surface area contributed by atoms with Gasteiger partial charge in [-0.3, -0.25) is 10.1 Å². The highest BCUT2D eigenvalue weighted by Gasteiger charge is 2.20. The first-order valence-electron chi connectivity index (χ1n) is 8.62. The van der Waals surface area contributed by atoms with Gasteiger partial charge in [-0.05, 0) is 38.5 Å². The monoisotopic (exact) mass is 382 g/mol. The van der Waals surface area contributed by atoms with Gasteiger partial charge in [0.15, 0.2) is 11.4 Å². The van der Waals surface area contributed by atoms with Gasteiger partial charge < -0.3 is 4.42 Å². The maximum absolute atomic E-state index is 13.0. The van der Waals surface area contributed by atoms with Crippen molar-refractivity contribution in [2.45, 2.75) is 33.2 Å². The normalized spacial score (nSPS) is 11.4. The van der Waals surface area contributed by atoms with Crippen LogP contribution in [0.5, 0.6) is 0 Å². The van der Waals surface area contributed by atoms with E-state index in [0.29, 0.717) is 33.2 Å². The van der Waals surface area contributed by atoms with Crippen LogP contribution in [0, 0.1) is 0 Å². The molecular weight excluding hydrogens is 364 g/mol. The van der Waals surface area contributed by atoms with E-state index in [1.54, 1.807) is 29.3 Å². The van der Waals surface area contributed by atoms with Crippen LogP contribution in [0.15, 0.2) is 35.1 Å². The van der Waals surface area contributed by atoms with Crippen LogP contribution in [0.3, 0.4) is 0 Å². The molecular formula is C18H18N6O2S. The lowest BCUT2D eigenvalue weighted by Crippen LogP contribution is -2.13. The number of carbonyl (C=O) groups is 1. The fourth-order valence-electron chi connectivity index (χ4n) is 2.75. The summed E-state index contributed by atoms with van der Waals surface area (Å²) in [6.45, 7) is 6.02. The van der Waals surface area contributed by atoms with Gasteiger partial charge in [0.2, 0.25) is 5.13 Å². The predicted octanol–water partition coefficient (Wildman–Crippen LogP) is 3.94. The van der Waals surface area contributed by atoms with Gasteiger partial charge in [0, 0.05) is 6.04 Å². The summed E-state index contributed by atoms with van der Waals surface area (Å²) in [5.74, 6) is 0.309. The molecule has 4 aromatic rings. The maximum atomic E-state index is 13.0. The fourth-order valence-corrected chi connectivity index (χ4v) is 3.42. The summed E-state index contributed by atoms with van der Waals surface area (Å²) in [5, 5.41) is 17.3. The average Bonchev–Trinajstić information content (AvgIpc) is 3.40. The molecule has 0 atom stereocenters. The molecule has 0 aromatic carbocycles. The molecule has 8 nitrogen and oxygen atoms in total.